The van der Waals surface area contributed by atoms with Crippen molar-refractivity contribution in [2.24, 2.45) is 5.14 Å². The molecular formula is C10H15KNO2S+. The van der Waals surface area contributed by atoms with E-state index in [4.69, 9.17) is 5.14 Å². The molecule has 78 valence electrons. The first kappa shape index (κ1) is 15.8. The van der Waals surface area contributed by atoms with E-state index in [0.717, 1.165) is 12.0 Å². The van der Waals surface area contributed by atoms with Gasteiger partial charge >= 0.3 is 51.4 Å². The predicted octanol–water partition coefficient (Wildman–Crippen LogP) is -1.15. The van der Waals surface area contributed by atoms with Crippen molar-refractivity contribution >= 4 is 10.0 Å². The molecule has 0 aliphatic heterocycles. The maximum atomic E-state index is 11.0. The second-order valence-electron chi connectivity index (χ2n) is 3.42. The van der Waals surface area contributed by atoms with Crippen molar-refractivity contribution in [2.45, 2.75) is 31.1 Å². The van der Waals surface area contributed by atoms with Gasteiger partial charge in [0.2, 0.25) is 10.0 Å². The van der Waals surface area contributed by atoms with Crippen molar-refractivity contribution in [3.05, 3.63) is 29.8 Å². The van der Waals surface area contributed by atoms with Crippen LogP contribution in [0.15, 0.2) is 29.2 Å². The van der Waals surface area contributed by atoms with Crippen molar-refractivity contribution in [3.63, 3.8) is 0 Å². The molecule has 1 unspecified atom stereocenters. The van der Waals surface area contributed by atoms with Crippen molar-refractivity contribution in [1.82, 2.24) is 0 Å². The van der Waals surface area contributed by atoms with E-state index in [1.807, 2.05) is 12.1 Å². The van der Waals surface area contributed by atoms with Gasteiger partial charge in [-0.15, -0.1) is 0 Å². The van der Waals surface area contributed by atoms with Gasteiger partial charge in [-0.2, -0.15) is 0 Å². The Kier molecular flexibility index (Phi) is 6.82. The maximum Gasteiger partial charge on any atom is 1.00 e. The van der Waals surface area contributed by atoms with Gasteiger partial charge in [-0.1, -0.05) is 26.0 Å². The van der Waals surface area contributed by atoms with Gasteiger partial charge < -0.3 is 0 Å². The van der Waals surface area contributed by atoms with Crippen LogP contribution in [-0.4, -0.2) is 8.42 Å². The summed E-state index contributed by atoms with van der Waals surface area (Å²) in [6.45, 7) is 4.20. The van der Waals surface area contributed by atoms with Gasteiger partial charge in [-0.3, -0.25) is 0 Å². The fraction of sp³-hybridized carbons (Fsp3) is 0.400. The van der Waals surface area contributed by atoms with E-state index < -0.39 is 10.0 Å². The monoisotopic (exact) mass is 252 g/mol. The zero-order valence-corrected chi connectivity index (χ0v) is 13.3. The first-order chi connectivity index (χ1) is 6.45. The fourth-order valence-electron chi connectivity index (χ4n) is 1.22. The first-order valence-electron chi connectivity index (χ1n) is 4.58. The molecule has 0 saturated carbocycles. The van der Waals surface area contributed by atoms with Crippen LogP contribution in [0, 0.1) is 0 Å². The molecule has 0 radical (unpaired) electrons. The zero-order chi connectivity index (χ0) is 10.8. The molecule has 0 aliphatic carbocycles. The summed E-state index contributed by atoms with van der Waals surface area (Å²) in [5.41, 5.74) is 1.14. The van der Waals surface area contributed by atoms with Gasteiger partial charge in [0.05, 0.1) is 4.90 Å². The van der Waals surface area contributed by atoms with Crippen LogP contribution >= 0.6 is 0 Å². The summed E-state index contributed by atoms with van der Waals surface area (Å²) in [6, 6.07) is 6.73. The second-order valence-corrected chi connectivity index (χ2v) is 4.98. The Morgan fingerprint density at radius 1 is 1.27 bits per heavy atom. The van der Waals surface area contributed by atoms with Gasteiger partial charge in [0.25, 0.3) is 0 Å². The molecule has 1 atom stereocenters. The molecule has 0 aliphatic rings. The molecule has 3 nitrogen and oxygen atoms in total. The van der Waals surface area contributed by atoms with E-state index in [0.29, 0.717) is 5.92 Å². The van der Waals surface area contributed by atoms with Gasteiger partial charge in [-0.25, -0.2) is 13.6 Å². The average molecular weight is 252 g/mol. The van der Waals surface area contributed by atoms with E-state index in [2.05, 4.69) is 13.8 Å². The van der Waals surface area contributed by atoms with Gasteiger partial charge in [0.15, 0.2) is 0 Å². The summed E-state index contributed by atoms with van der Waals surface area (Å²) in [4.78, 5) is 0.171. The average Bonchev–Trinajstić information content (AvgIpc) is 2.15. The molecule has 1 rings (SSSR count). The third-order valence-electron chi connectivity index (χ3n) is 2.39. The molecule has 0 amide bonds. The molecule has 1 aromatic carbocycles. The van der Waals surface area contributed by atoms with E-state index in [1.165, 1.54) is 0 Å². The third-order valence-corrected chi connectivity index (χ3v) is 3.32. The normalized spacial score (nSPS) is 13.0. The Morgan fingerprint density at radius 2 is 1.73 bits per heavy atom. The number of benzene rings is 1. The SMILES string of the molecule is CCC(C)c1ccc(S(N)(=O)=O)cc1.[K+]. The van der Waals surface area contributed by atoms with Gasteiger partial charge in [0, 0.05) is 0 Å². The smallest absolute Gasteiger partial charge is 0.225 e. The molecule has 0 fully saturated rings. The van der Waals surface area contributed by atoms with E-state index in [1.54, 1.807) is 12.1 Å². The molecule has 2 N–H and O–H groups in total. The second kappa shape index (κ2) is 6.49. The van der Waals surface area contributed by atoms with Crippen LogP contribution in [0.3, 0.4) is 0 Å². The third kappa shape index (κ3) is 4.64. The summed E-state index contributed by atoms with van der Waals surface area (Å²) in [7, 11) is -3.55. The van der Waals surface area contributed by atoms with Crippen molar-refractivity contribution < 1.29 is 59.8 Å². The zero-order valence-electron chi connectivity index (χ0n) is 9.40. The van der Waals surface area contributed by atoms with E-state index >= 15 is 0 Å². The molecular weight excluding hydrogens is 237 g/mol. The quantitative estimate of drug-likeness (QED) is 0.691. The van der Waals surface area contributed by atoms with Crippen molar-refractivity contribution in [3.8, 4) is 0 Å². The molecule has 0 spiro atoms. The Balaban J connectivity index is 0.00000196. The fourth-order valence-corrected chi connectivity index (χ4v) is 1.74. The van der Waals surface area contributed by atoms with Crippen LogP contribution in [0.4, 0.5) is 0 Å². The van der Waals surface area contributed by atoms with Crippen LogP contribution < -0.4 is 56.5 Å². The summed E-state index contributed by atoms with van der Waals surface area (Å²) < 4.78 is 21.9. The molecule has 15 heavy (non-hydrogen) atoms. The predicted molar refractivity (Wildman–Crippen MR) is 56.5 cm³/mol. The maximum absolute atomic E-state index is 11.0. The molecule has 0 saturated heterocycles. The largest absolute Gasteiger partial charge is 1.00 e. The number of hydrogen-bond acceptors (Lipinski definition) is 2. The molecule has 1 aromatic rings. The number of primary sulfonamides is 1. The minimum absolute atomic E-state index is 0. The molecule has 0 heterocycles. The Morgan fingerprint density at radius 3 is 2.07 bits per heavy atom. The van der Waals surface area contributed by atoms with E-state index in [9.17, 15) is 8.42 Å². The van der Waals surface area contributed by atoms with Crippen LogP contribution in [-0.2, 0) is 10.0 Å². The van der Waals surface area contributed by atoms with Crippen LogP contribution in [0.5, 0.6) is 0 Å². The standard InChI is InChI=1S/C10H15NO2S.K/c1-3-8(2)9-4-6-10(7-5-9)14(11,12)13;/h4-8H,3H2,1-2H3,(H2,11,12,13);/q;+1. The summed E-state index contributed by atoms with van der Waals surface area (Å²) >= 11 is 0. The number of nitrogens with two attached hydrogens (primary N) is 1. The topological polar surface area (TPSA) is 60.2 Å². The van der Waals surface area contributed by atoms with Crippen LogP contribution in [0.25, 0.3) is 0 Å². The number of hydrogen-bond donors (Lipinski definition) is 1. The molecule has 0 bridgehead atoms. The van der Waals surface area contributed by atoms with Crippen LogP contribution in [0.2, 0.25) is 0 Å². The number of rotatable bonds is 3. The van der Waals surface area contributed by atoms with Crippen molar-refractivity contribution in [2.75, 3.05) is 0 Å². The van der Waals surface area contributed by atoms with E-state index in [-0.39, 0.29) is 56.3 Å². The van der Waals surface area contributed by atoms with Crippen LogP contribution in [0.1, 0.15) is 31.7 Å². The summed E-state index contributed by atoms with van der Waals surface area (Å²) in [5.74, 6) is 0.449. The summed E-state index contributed by atoms with van der Waals surface area (Å²) in [5, 5.41) is 4.99. The summed E-state index contributed by atoms with van der Waals surface area (Å²) in [6.07, 6.45) is 1.04. The van der Waals surface area contributed by atoms with Gasteiger partial charge in [0.1, 0.15) is 0 Å². The number of sulfonamides is 1. The van der Waals surface area contributed by atoms with Gasteiger partial charge in [-0.05, 0) is 30.0 Å². The Bertz CT molecular complexity index is 400. The minimum atomic E-state index is -3.55. The minimum Gasteiger partial charge on any atom is -0.225 e. The Hall–Kier alpha value is 0.766. The first-order valence-corrected chi connectivity index (χ1v) is 6.12. The van der Waals surface area contributed by atoms with Crippen molar-refractivity contribution in [1.29, 1.82) is 0 Å². The Labute approximate surface area is 134 Å². The molecule has 5 heteroatoms. The molecule has 0 aromatic heterocycles.